The minimum atomic E-state index is 0.513. The summed E-state index contributed by atoms with van der Waals surface area (Å²) in [6.45, 7) is 9.46. The van der Waals surface area contributed by atoms with Gasteiger partial charge in [-0.1, -0.05) is 13.8 Å². The van der Waals surface area contributed by atoms with E-state index in [4.69, 9.17) is 0 Å². The van der Waals surface area contributed by atoms with Crippen molar-refractivity contribution in [3.05, 3.63) is 39.8 Å². The summed E-state index contributed by atoms with van der Waals surface area (Å²) in [6.07, 6.45) is 2.79. The van der Waals surface area contributed by atoms with E-state index >= 15 is 0 Å². The van der Waals surface area contributed by atoms with E-state index in [2.05, 4.69) is 59.0 Å². The van der Waals surface area contributed by atoms with Crippen LogP contribution in [0, 0.1) is 13.8 Å². The molecule has 0 aromatic carbocycles. The second kappa shape index (κ2) is 6.50. The molecule has 0 amide bonds. The van der Waals surface area contributed by atoms with Crippen LogP contribution in [0.5, 0.6) is 0 Å². The number of pyridine rings is 1. The fourth-order valence-corrected chi connectivity index (χ4v) is 2.47. The van der Waals surface area contributed by atoms with Crippen LogP contribution in [0.2, 0.25) is 0 Å². The van der Waals surface area contributed by atoms with Gasteiger partial charge in [0.2, 0.25) is 0 Å². The van der Waals surface area contributed by atoms with Crippen molar-refractivity contribution in [2.45, 2.75) is 40.2 Å². The molecule has 108 valence electrons. The average molecular weight is 337 g/mol. The highest BCUT2D eigenvalue weighted by molar-refractivity contribution is 9.10. The third-order valence-corrected chi connectivity index (χ3v) is 3.77. The third-order valence-electron chi connectivity index (χ3n) is 3.30. The first-order chi connectivity index (χ1) is 9.49. The van der Waals surface area contributed by atoms with Gasteiger partial charge in [-0.3, -0.25) is 0 Å². The van der Waals surface area contributed by atoms with Crippen LogP contribution in [0.1, 0.15) is 30.8 Å². The maximum Gasteiger partial charge on any atom is 0.153 e. The predicted octanol–water partition coefficient (Wildman–Crippen LogP) is 3.19. The van der Waals surface area contributed by atoms with E-state index in [1.165, 1.54) is 11.3 Å². The number of nitrogens with one attached hydrogen (secondary N) is 1. The largest absolute Gasteiger partial charge is 0.314 e. The Hall–Kier alpha value is -1.20. The Labute approximate surface area is 128 Å². The molecule has 2 aromatic heterocycles. The van der Waals surface area contributed by atoms with Crippen molar-refractivity contribution in [1.29, 1.82) is 0 Å². The third kappa shape index (κ3) is 3.46. The van der Waals surface area contributed by atoms with Crippen LogP contribution in [0.25, 0.3) is 5.82 Å². The van der Waals surface area contributed by atoms with Crippen LogP contribution in [0.3, 0.4) is 0 Å². The highest BCUT2D eigenvalue weighted by Crippen LogP contribution is 2.18. The standard InChI is InChI=1S/C15H21BrN4/c1-10(2)17-8-7-14-11(3)19-20(12(14)4)15-6-5-13(16)9-18-15/h5-6,9-10,17H,7-8H2,1-4H3. The molecule has 0 aliphatic heterocycles. The molecule has 0 unspecified atom stereocenters. The second-order valence-electron chi connectivity index (χ2n) is 5.25. The van der Waals surface area contributed by atoms with Crippen molar-refractivity contribution in [3.63, 3.8) is 0 Å². The summed E-state index contributed by atoms with van der Waals surface area (Å²) in [6, 6.07) is 4.47. The Morgan fingerprint density at radius 3 is 2.65 bits per heavy atom. The van der Waals surface area contributed by atoms with Gasteiger partial charge in [0.25, 0.3) is 0 Å². The van der Waals surface area contributed by atoms with Gasteiger partial charge >= 0.3 is 0 Å². The van der Waals surface area contributed by atoms with Crippen molar-refractivity contribution >= 4 is 15.9 Å². The fraction of sp³-hybridized carbons (Fsp3) is 0.467. The number of hydrogen-bond acceptors (Lipinski definition) is 3. The van der Waals surface area contributed by atoms with Crippen molar-refractivity contribution in [1.82, 2.24) is 20.1 Å². The minimum absolute atomic E-state index is 0.513. The Morgan fingerprint density at radius 1 is 1.30 bits per heavy atom. The molecular weight excluding hydrogens is 316 g/mol. The molecular formula is C15H21BrN4. The van der Waals surface area contributed by atoms with Crippen LogP contribution in [-0.4, -0.2) is 27.4 Å². The normalized spacial score (nSPS) is 11.3. The predicted molar refractivity (Wildman–Crippen MR) is 85.4 cm³/mol. The minimum Gasteiger partial charge on any atom is -0.314 e. The van der Waals surface area contributed by atoms with Crippen molar-refractivity contribution in [2.75, 3.05) is 6.54 Å². The number of hydrogen-bond donors (Lipinski definition) is 1. The zero-order chi connectivity index (χ0) is 14.7. The molecule has 4 nitrogen and oxygen atoms in total. The second-order valence-corrected chi connectivity index (χ2v) is 6.17. The summed E-state index contributed by atoms with van der Waals surface area (Å²) < 4.78 is 2.90. The molecule has 0 saturated carbocycles. The van der Waals surface area contributed by atoms with Gasteiger partial charge in [-0.05, 0) is 60.4 Å². The Kier molecular flexibility index (Phi) is 4.94. The molecule has 2 aromatic rings. The van der Waals surface area contributed by atoms with E-state index in [1.54, 1.807) is 6.20 Å². The summed E-state index contributed by atoms with van der Waals surface area (Å²) in [5, 5.41) is 8.06. The Bertz CT molecular complexity index is 572. The van der Waals surface area contributed by atoms with Crippen LogP contribution in [0.15, 0.2) is 22.8 Å². The lowest BCUT2D eigenvalue weighted by Gasteiger charge is -2.08. The molecule has 20 heavy (non-hydrogen) atoms. The average Bonchev–Trinajstić information content (AvgIpc) is 2.67. The number of aromatic nitrogens is 3. The summed E-state index contributed by atoms with van der Waals surface area (Å²) >= 11 is 3.40. The number of nitrogens with zero attached hydrogens (tertiary/aromatic N) is 3. The summed E-state index contributed by atoms with van der Waals surface area (Å²) in [4.78, 5) is 4.41. The molecule has 0 fully saturated rings. The monoisotopic (exact) mass is 336 g/mol. The van der Waals surface area contributed by atoms with Crippen LogP contribution in [-0.2, 0) is 6.42 Å². The summed E-state index contributed by atoms with van der Waals surface area (Å²) in [5.41, 5.74) is 3.56. The van der Waals surface area contributed by atoms with Crippen molar-refractivity contribution < 1.29 is 0 Å². The number of halogens is 1. The van der Waals surface area contributed by atoms with Gasteiger partial charge in [-0.2, -0.15) is 5.10 Å². The number of aryl methyl sites for hydroxylation is 1. The lowest BCUT2D eigenvalue weighted by atomic mass is 10.1. The molecule has 0 spiro atoms. The fourth-order valence-electron chi connectivity index (χ4n) is 2.24. The van der Waals surface area contributed by atoms with Gasteiger partial charge in [0.1, 0.15) is 0 Å². The maximum absolute atomic E-state index is 4.62. The van der Waals surface area contributed by atoms with E-state index in [1.807, 2.05) is 16.8 Å². The topological polar surface area (TPSA) is 42.7 Å². The van der Waals surface area contributed by atoms with Gasteiger partial charge in [0, 0.05) is 22.4 Å². The lowest BCUT2D eigenvalue weighted by Crippen LogP contribution is -2.25. The lowest BCUT2D eigenvalue weighted by molar-refractivity contribution is 0.589. The van der Waals surface area contributed by atoms with Gasteiger partial charge in [0.15, 0.2) is 5.82 Å². The van der Waals surface area contributed by atoms with Gasteiger partial charge in [0.05, 0.1) is 5.69 Å². The van der Waals surface area contributed by atoms with Crippen molar-refractivity contribution in [3.8, 4) is 5.82 Å². The van der Waals surface area contributed by atoms with E-state index in [0.29, 0.717) is 6.04 Å². The first-order valence-corrected chi connectivity index (χ1v) is 7.68. The Morgan fingerprint density at radius 2 is 2.05 bits per heavy atom. The molecule has 0 radical (unpaired) electrons. The molecule has 1 N–H and O–H groups in total. The van der Waals surface area contributed by atoms with Crippen LogP contribution < -0.4 is 5.32 Å². The molecule has 0 aliphatic rings. The zero-order valence-electron chi connectivity index (χ0n) is 12.4. The molecule has 0 saturated heterocycles. The van der Waals surface area contributed by atoms with Crippen LogP contribution >= 0.6 is 15.9 Å². The highest BCUT2D eigenvalue weighted by atomic mass is 79.9. The first kappa shape index (κ1) is 15.2. The van der Waals surface area contributed by atoms with Gasteiger partial charge in [-0.25, -0.2) is 9.67 Å². The molecule has 5 heteroatoms. The number of rotatable bonds is 5. The van der Waals surface area contributed by atoms with E-state index in [9.17, 15) is 0 Å². The quantitative estimate of drug-likeness (QED) is 0.911. The first-order valence-electron chi connectivity index (χ1n) is 6.89. The highest BCUT2D eigenvalue weighted by Gasteiger charge is 2.13. The molecule has 2 heterocycles. The molecule has 0 bridgehead atoms. The molecule has 2 rings (SSSR count). The van der Waals surface area contributed by atoms with E-state index < -0.39 is 0 Å². The summed E-state index contributed by atoms with van der Waals surface area (Å²) in [7, 11) is 0. The van der Waals surface area contributed by atoms with Gasteiger partial charge in [-0.15, -0.1) is 0 Å². The van der Waals surface area contributed by atoms with E-state index in [0.717, 1.165) is 29.0 Å². The SMILES string of the molecule is Cc1nn(-c2ccc(Br)cn2)c(C)c1CCNC(C)C. The van der Waals surface area contributed by atoms with Crippen LogP contribution in [0.4, 0.5) is 0 Å². The molecule has 0 aliphatic carbocycles. The van der Waals surface area contributed by atoms with E-state index in [-0.39, 0.29) is 0 Å². The zero-order valence-corrected chi connectivity index (χ0v) is 14.0. The van der Waals surface area contributed by atoms with Crippen molar-refractivity contribution in [2.24, 2.45) is 0 Å². The maximum atomic E-state index is 4.62. The van der Waals surface area contributed by atoms with Gasteiger partial charge < -0.3 is 5.32 Å². The Balaban J connectivity index is 2.22. The summed E-state index contributed by atoms with van der Waals surface area (Å²) in [5.74, 6) is 0.858. The molecule has 0 atom stereocenters. The smallest absolute Gasteiger partial charge is 0.153 e.